The van der Waals surface area contributed by atoms with Crippen LogP contribution in [0.5, 0.6) is 0 Å². The first-order chi connectivity index (χ1) is 13.5. The minimum atomic E-state index is -3.52. The number of hydrogen-bond donors (Lipinski definition) is 1. The summed E-state index contributed by atoms with van der Waals surface area (Å²) in [6.07, 6.45) is 2.46. The van der Waals surface area contributed by atoms with Crippen LogP contribution in [0.2, 0.25) is 0 Å². The molecule has 2 aromatic rings. The Hall–Kier alpha value is -2.51. The van der Waals surface area contributed by atoms with Crippen molar-refractivity contribution in [1.82, 2.24) is 9.62 Å². The molecule has 0 radical (unpaired) electrons. The number of benzene rings is 2. The highest BCUT2D eigenvalue weighted by Crippen LogP contribution is 2.21. The van der Waals surface area contributed by atoms with Gasteiger partial charge in [0.05, 0.1) is 0 Å². The van der Waals surface area contributed by atoms with Crippen LogP contribution in [0, 0.1) is 11.7 Å². The molecule has 1 amide bonds. The third-order valence-electron chi connectivity index (χ3n) is 4.83. The molecule has 0 saturated carbocycles. The van der Waals surface area contributed by atoms with Crippen molar-refractivity contribution in [2.75, 3.05) is 13.1 Å². The lowest BCUT2D eigenvalue weighted by molar-refractivity contribution is -0.126. The highest BCUT2D eigenvalue weighted by atomic mass is 32.2. The number of carbonyl (C=O) groups is 1. The van der Waals surface area contributed by atoms with E-state index >= 15 is 0 Å². The molecular weight excluding hydrogens is 379 g/mol. The van der Waals surface area contributed by atoms with Crippen LogP contribution >= 0.6 is 0 Å². The molecule has 28 heavy (non-hydrogen) atoms. The van der Waals surface area contributed by atoms with E-state index in [0.29, 0.717) is 31.5 Å². The third-order valence-corrected chi connectivity index (χ3v) is 6.39. The Labute approximate surface area is 164 Å². The Bertz CT molecular complexity index is 937. The van der Waals surface area contributed by atoms with E-state index in [4.69, 9.17) is 0 Å². The van der Waals surface area contributed by atoms with Crippen LogP contribution in [0.25, 0.3) is 6.08 Å². The van der Waals surface area contributed by atoms with Crippen molar-refractivity contribution in [1.29, 1.82) is 0 Å². The molecule has 1 aliphatic heterocycles. The predicted octanol–water partition coefficient (Wildman–Crippen LogP) is 3.15. The largest absolute Gasteiger partial charge is 0.352 e. The average Bonchev–Trinajstić information content (AvgIpc) is 2.72. The number of nitrogens with zero attached hydrogens (tertiary/aromatic N) is 1. The van der Waals surface area contributed by atoms with Gasteiger partial charge in [-0.05, 0) is 30.5 Å². The fourth-order valence-electron chi connectivity index (χ4n) is 3.16. The van der Waals surface area contributed by atoms with Crippen LogP contribution in [0.4, 0.5) is 4.39 Å². The summed E-state index contributed by atoms with van der Waals surface area (Å²) in [5.74, 6) is -0.787. The van der Waals surface area contributed by atoms with Crippen molar-refractivity contribution < 1.29 is 17.6 Å². The van der Waals surface area contributed by atoms with Gasteiger partial charge in [-0.3, -0.25) is 4.79 Å². The number of nitrogens with one attached hydrogen (secondary N) is 1. The molecule has 0 atom stereocenters. The fraction of sp³-hybridized carbons (Fsp3) is 0.286. The lowest BCUT2D eigenvalue weighted by Crippen LogP contribution is -2.42. The van der Waals surface area contributed by atoms with Gasteiger partial charge in [0.2, 0.25) is 15.9 Å². The first-order valence-electron chi connectivity index (χ1n) is 9.20. The maximum absolute atomic E-state index is 13.6. The van der Waals surface area contributed by atoms with E-state index in [2.05, 4.69) is 5.32 Å². The van der Waals surface area contributed by atoms with Gasteiger partial charge in [0, 0.05) is 36.5 Å². The fourth-order valence-corrected chi connectivity index (χ4v) is 4.38. The average molecular weight is 402 g/mol. The Morgan fingerprint density at radius 2 is 1.71 bits per heavy atom. The van der Waals surface area contributed by atoms with Gasteiger partial charge < -0.3 is 5.32 Å². The molecule has 0 spiro atoms. The number of carbonyl (C=O) groups excluding carboxylic acids is 1. The molecule has 3 rings (SSSR count). The zero-order valence-corrected chi connectivity index (χ0v) is 16.2. The maximum atomic E-state index is 13.6. The monoisotopic (exact) mass is 402 g/mol. The van der Waals surface area contributed by atoms with Crippen LogP contribution < -0.4 is 5.32 Å². The van der Waals surface area contributed by atoms with E-state index in [1.54, 1.807) is 24.3 Å². The lowest BCUT2D eigenvalue weighted by atomic mass is 9.97. The van der Waals surface area contributed by atoms with Gasteiger partial charge in [0.1, 0.15) is 5.82 Å². The topological polar surface area (TPSA) is 66.5 Å². The zero-order valence-electron chi connectivity index (χ0n) is 15.4. The van der Waals surface area contributed by atoms with Gasteiger partial charge in [0.15, 0.2) is 0 Å². The highest BCUT2D eigenvalue weighted by molar-refractivity contribution is 7.92. The molecule has 1 aliphatic rings. The molecule has 1 N–H and O–H groups in total. The Morgan fingerprint density at radius 1 is 1.07 bits per heavy atom. The minimum absolute atomic E-state index is 0.129. The summed E-state index contributed by atoms with van der Waals surface area (Å²) in [5.41, 5.74) is 1.25. The number of hydrogen-bond acceptors (Lipinski definition) is 3. The summed E-state index contributed by atoms with van der Waals surface area (Å²) in [6, 6.07) is 15.5. The van der Waals surface area contributed by atoms with Gasteiger partial charge in [-0.2, -0.15) is 4.31 Å². The summed E-state index contributed by atoms with van der Waals surface area (Å²) < 4.78 is 40.0. The van der Waals surface area contributed by atoms with E-state index in [0.717, 1.165) is 5.56 Å². The summed E-state index contributed by atoms with van der Waals surface area (Å²) in [6.45, 7) is 0.711. The van der Waals surface area contributed by atoms with Crippen molar-refractivity contribution in [2.45, 2.75) is 19.4 Å². The Morgan fingerprint density at radius 3 is 2.39 bits per heavy atom. The Balaban J connectivity index is 1.51. The lowest BCUT2D eigenvalue weighted by Gasteiger charge is -2.29. The zero-order chi connectivity index (χ0) is 20.0. The molecule has 7 heteroatoms. The van der Waals surface area contributed by atoms with Crippen LogP contribution in [0.3, 0.4) is 0 Å². The van der Waals surface area contributed by atoms with Gasteiger partial charge in [-0.15, -0.1) is 0 Å². The second kappa shape index (κ2) is 9.12. The number of rotatable bonds is 6. The van der Waals surface area contributed by atoms with Crippen molar-refractivity contribution in [3.05, 3.63) is 76.9 Å². The molecule has 148 valence electrons. The number of sulfonamides is 1. The van der Waals surface area contributed by atoms with Gasteiger partial charge in [-0.25, -0.2) is 12.8 Å². The molecule has 0 aliphatic carbocycles. The molecule has 1 heterocycles. The molecule has 1 saturated heterocycles. The van der Waals surface area contributed by atoms with Crippen molar-refractivity contribution >= 4 is 22.0 Å². The number of piperidine rings is 1. The smallest absolute Gasteiger partial charge is 0.236 e. The minimum Gasteiger partial charge on any atom is -0.352 e. The first kappa shape index (κ1) is 20.2. The van der Waals surface area contributed by atoms with Gasteiger partial charge in [-0.1, -0.05) is 48.5 Å². The van der Waals surface area contributed by atoms with Crippen LogP contribution in [-0.4, -0.2) is 31.7 Å². The maximum Gasteiger partial charge on any atom is 0.236 e. The van der Waals surface area contributed by atoms with Crippen LogP contribution in [-0.2, 0) is 21.4 Å². The van der Waals surface area contributed by atoms with Crippen LogP contribution in [0.1, 0.15) is 24.0 Å². The molecule has 5 nitrogen and oxygen atoms in total. The molecule has 2 aromatic carbocycles. The van der Waals surface area contributed by atoms with Crippen LogP contribution in [0.15, 0.2) is 60.0 Å². The SMILES string of the molecule is O=C(NCc1ccccc1F)C1CCN(S(=O)(=O)C=Cc2ccccc2)CC1. The number of amides is 1. The summed E-state index contributed by atoms with van der Waals surface area (Å²) in [5, 5.41) is 3.96. The highest BCUT2D eigenvalue weighted by Gasteiger charge is 2.29. The second-order valence-electron chi connectivity index (χ2n) is 6.74. The second-order valence-corrected chi connectivity index (χ2v) is 8.56. The molecular formula is C21H23FN2O3S. The normalized spacial score (nSPS) is 16.3. The van der Waals surface area contributed by atoms with E-state index in [-0.39, 0.29) is 24.2 Å². The van der Waals surface area contributed by atoms with Gasteiger partial charge >= 0.3 is 0 Å². The van der Waals surface area contributed by atoms with Crippen molar-refractivity contribution in [3.63, 3.8) is 0 Å². The summed E-state index contributed by atoms with van der Waals surface area (Å²) >= 11 is 0. The number of halogens is 1. The molecule has 0 aromatic heterocycles. The van der Waals surface area contributed by atoms with E-state index < -0.39 is 10.0 Å². The predicted molar refractivity (Wildman–Crippen MR) is 107 cm³/mol. The summed E-state index contributed by atoms with van der Waals surface area (Å²) in [7, 11) is -3.52. The van der Waals surface area contributed by atoms with Crippen molar-refractivity contribution in [3.8, 4) is 0 Å². The Kier molecular flexibility index (Phi) is 6.59. The van der Waals surface area contributed by atoms with E-state index in [9.17, 15) is 17.6 Å². The first-order valence-corrected chi connectivity index (χ1v) is 10.7. The standard InChI is InChI=1S/C21H23FN2O3S/c22-20-9-5-4-8-19(20)16-23-21(25)18-10-13-24(14-11-18)28(26,27)15-12-17-6-2-1-3-7-17/h1-9,12,15,18H,10-11,13-14,16H2,(H,23,25). The van der Waals surface area contributed by atoms with E-state index in [1.165, 1.54) is 15.8 Å². The molecule has 0 bridgehead atoms. The van der Waals surface area contributed by atoms with Crippen molar-refractivity contribution in [2.24, 2.45) is 5.92 Å². The molecule has 0 unspecified atom stereocenters. The third kappa shape index (κ3) is 5.27. The molecule has 1 fully saturated rings. The van der Waals surface area contributed by atoms with E-state index in [1.807, 2.05) is 30.3 Å². The van der Waals surface area contributed by atoms with Gasteiger partial charge in [0.25, 0.3) is 0 Å². The quantitative estimate of drug-likeness (QED) is 0.807. The summed E-state index contributed by atoms with van der Waals surface area (Å²) in [4.78, 5) is 12.3.